The molecule has 0 fully saturated rings. The number of aliphatic hydroxyl groups is 1. The van der Waals surface area contributed by atoms with Gasteiger partial charge in [-0.3, -0.25) is 0 Å². The average Bonchev–Trinajstić information content (AvgIpc) is 2.17. The van der Waals surface area contributed by atoms with E-state index in [0.29, 0.717) is 12.0 Å². The van der Waals surface area contributed by atoms with Crippen molar-refractivity contribution in [2.75, 3.05) is 12.3 Å². The minimum atomic E-state index is -1.16. The van der Waals surface area contributed by atoms with Gasteiger partial charge in [0.2, 0.25) is 0 Å². The Morgan fingerprint density at radius 2 is 2.33 bits per heavy atom. The molecule has 15 heavy (non-hydrogen) atoms. The van der Waals surface area contributed by atoms with Crippen LogP contribution in [0.1, 0.15) is 22.5 Å². The van der Waals surface area contributed by atoms with Crippen LogP contribution < -0.4 is 5.73 Å². The third-order valence-electron chi connectivity index (χ3n) is 1.59. The van der Waals surface area contributed by atoms with Gasteiger partial charge >= 0.3 is 5.97 Å². The van der Waals surface area contributed by atoms with Crippen molar-refractivity contribution in [2.45, 2.75) is 6.42 Å². The summed E-state index contributed by atoms with van der Waals surface area (Å²) >= 11 is 0. The largest absolute Gasteiger partial charge is 0.476 e. The number of hydrogen-bond acceptors (Lipinski definition) is 4. The van der Waals surface area contributed by atoms with Crippen molar-refractivity contribution in [2.24, 2.45) is 0 Å². The Hall–Kier alpha value is -2.06. The molecule has 78 valence electrons. The van der Waals surface area contributed by atoms with Gasteiger partial charge < -0.3 is 15.9 Å². The monoisotopic (exact) mass is 206 g/mol. The predicted octanol–water partition coefficient (Wildman–Crippen LogP) is 0.0959. The molecule has 0 aliphatic rings. The van der Waals surface area contributed by atoms with Crippen LogP contribution in [0.15, 0.2) is 12.3 Å². The number of carboxylic acids is 1. The third kappa shape index (κ3) is 2.97. The summed E-state index contributed by atoms with van der Waals surface area (Å²) in [6.07, 6.45) is 1.70. The van der Waals surface area contributed by atoms with E-state index in [1.807, 2.05) is 0 Å². The number of pyridine rings is 1. The van der Waals surface area contributed by atoms with Crippen LogP contribution in [0, 0.1) is 11.8 Å². The second-order valence-electron chi connectivity index (χ2n) is 2.74. The van der Waals surface area contributed by atoms with Gasteiger partial charge in [0, 0.05) is 18.2 Å². The molecular weight excluding hydrogens is 196 g/mol. The molecule has 0 aliphatic carbocycles. The Balaban J connectivity index is 2.93. The van der Waals surface area contributed by atoms with Gasteiger partial charge in [0.15, 0.2) is 5.69 Å². The summed E-state index contributed by atoms with van der Waals surface area (Å²) in [5.74, 6) is 4.23. The maximum Gasteiger partial charge on any atom is 0.356 e. The summed E-state index contributed by atoms with van der Waals surface area (Å²) in [4.78, 5) is 14.2. The number of anilines is 1. The Labute approximate surface area is 86.6 Å². The summed E-state index contributed by atoms with van der Waals surface area (Å²) in [5, 5.41) is 17.2. The molecule has 5 heteroatoms. The Bertz CT molecular complexity index is 432. The molecule has 0 spiro atoms. The molecule has 1 heterocycles. The van der Waals surface area contributed by atoms with Crippen LogP contribution in [0.5, 0.6) is 0 Å². The van der Waals surface area contributed by atoms with Crippen molar-refractivity contribution >= 4 is 11.7 Å². The normalized spacial score (nSPS) is 9.13. The minimum Gasteiger partial charge on any atom is -0.476 e. The molecule has 5 nitrogen and oxygen atoms in total. The molecule has 0 radical (unpaired) electrons. The fourth-order valence-electron chi connectivity index (χ4n) is 0.949. The zero-order valence-corrected chi connectivity index (χ0v) is 7.90. The summed E-state index contributed by atoms with van der Waals surface area (Å²) < 4.78 is 0. The lowest BCUT2D eigenvalue weighted by Crippen LogP contribution is -2.05. The fourth-order valence-corrected chi connectivity index (χ4v) is 0.949. The van der Waals surface area contributed by atoms with Crippen LogP contribution in [-0.2, 0) is 0 Å². The number of nitrogen functional groups attached to an aromatic ring is 1. The molecule has 0 saturated heterocycles. The van der Waals surface area contributed by atoms with Gasteiger partial charge in [-0.25, -0.2) is 9.78 Å². The Morgan fingerprint density at radius 1 is 1.60 bits per heavy atom. The van der Waals surface area contributed by atoms with E-state index in [-0.39, 0.29) is 18.0 Å². The summed E-state index contributed by atoms with van der Waals surface area (Å²) in [6, 6.07) is 1.45. The van der Waals surface area contributed by atoms with E-state index in [2.05, 4.69) is 16.8 Å². The van der Waals surface area contributed by atoms with Crippen LogP contribution in [0.2, 0.25) is 0 Å². The number of aromatic nitrogens is 1. The molecule has 0 aliphatic heterocycles. The zero-order valence-electron chi connectivity index (χ0n) is 7.90. The van der Waals surface area contributed by atoms with Crippen LogP contribution >= 0.6 is 0 Å². The van der Waals surface area contributed by atoms with Crippen LogP contribution in [0.3, 0.4) is 0 Å². The third-order valence-corrected chi connectivity index (χ3v) is 1.59. The quantitative estimate of drug-likeness (QED) is 0.596. The lowest BCUT2D eigenvalue weighted by molar-refractivity contribution is 0.0692. The predicted molar refractivity (Wildman–Crippen MR) is 54.2 cm³/mol. The summed E-state index contributed by atoms with van der Waals surface area (Å²) in [5.41, 5.74) is 5.90. The molecule has 1 aromatic rings. The van der Waals surface area contributed by atoms with Gasteiger partial charge in [-0.05, 0) is 6.07 Å². The molecule has 0 bridgehead atoms. The van der Waals surface area contributed by atoms with Crippen molar-refractivity contribution in [3.8, 4) is 11.8 Å². The maximum atomic E-state index is 10.6. The highest BCUT2D eigenvalue weighted by Crippen LogP contribution is 2.10. The van der Waals surface area contributed by atoms with E-state index in [1.54, 1.807) is 0 Å². The average molecular weight is 206 g/mol. The van der Waals surface area contributed by atoms with E-state index in [1.165, 1.54) is 12.3 Å². The second kappa shape index (κ2) is 4.98. The van der Waals surface area contributed by atoms with Gasteiger partial charge in [-0.1, -0.05) is 11.8 Å². The maximum absolute atomic E-state index is 10.6. The van der Waals surface area contributed by atoms with E-state index < -0.39 is 5.97 Å². The minimum absolute atomic E-state index is 0.0108. The number of nitrogens with zero attached hydrogens (tertiary/aromatic N) is 1. The second-order valence-corrected chi connectivity index (χ2v) is 2.74. The summed E-state index contributed by atoms with van der Waals surface area (Å²) in [7, 11) is 0. The first-order valence-corrected chi connectivity index (χ1v) is 4.23. The van der Waals surface area contributed by atoms with Crippen molar-refractivity contribution < 1.29 is 15.0 Å². The lowest BCUT2D eigenvalue weighted by Gasteiger charge is -1.98. The first kappa shape index (κ1) is 11.0. The number of aromatic carboxylic acids is 1. The molecule has 4 N–H and O–H groups in total. The molecule has 1 rings (SSSR count). The van der Waals surface area contributed by atoms with Gasteiger partial charge in [0.05, 0.1) is 12.3 Å². The standard InChI is InChI=1S/C10H10N2O3/c11-8-5-7(3-1-2-4-13)6-12-9(8)10(14)15/h5-6,13H,2,4,11H2,(H,14,15). The molecular formula is C10H10N2O3. The van der Waals surface area contributed by atoms with E-state index in [9.17, 15) is 4.79 Å². The molecule has 0 saturated carbocycles. The van der Waals surface area contributed by atoms with Crippen LogP contribution in [-0.4, -0.2) is 27.8 Å². The number of nitrogens with two attached hydrogens (primary N) is 1. The lowest BCUT2D eigenvalue weighted by atomic mass is 10.2. The van der Waals surface area contributed by atoms with Crippen molar-refractivity contribution in [1.29, 1.82) is 0 Å². The van der Waals surface area contributed by atoms with Crippen molar-refractivity contribution in [3.63, 3.8) is 0 Å². The molecule has 0 atom stereocenters. The molecule has 0 unspecified atom stereocenters. The van der Waals surface area contributed by atoms with E-state index in [0.717, 1.165) is 0 Å². The molecule has 0 amide bonds. The van der Waals surface area contributed by atoms with Crippen molar-refractivity contribution in [1.82, 2.24) is 4.98 Å². The summed E-state index contributed by atoms with van der Waals surface area (Å²) in [6.45, 7) is -0.0108. The molecule has 1 aromatic heterocycles. The van der Waals surface area contributed by atoms with E-state index >= 15 is 0 Å². The van der Waals surface area contributed by atoms with Crippen molar-refractivity contribution in [3.05, 3.63) is 23.5 Å². The van der Waals surface area contributed by atoms with E-state index in [4.69, 9.17) is 15.9 Å². The Kier molecular flexibility index (Phi) is 3.66. The van der Waals surface area contributed by atoms with Gasteiger partial charge in [-0.15, -0.1) is 0 Å². The number of hydrogen-bond donors (Lipinski definition) is 3. The van der Waals surface area contributed by atoms with Crippen LogP contribution in [0.4, 0.5) is 5.69 Å². The zero-order chi connectivity index (χ0) is 11.3. The molecule has 0 aromatic carbocycles. The first-order valence-electron chi connectivity index (χ1n) is 4.23. The number of carbonyl (C=O) groups is 1. The SMILES string of the molecule is Nc1cc(C#CCCO)cnc1C(=O)O. The number of carboxylic acid groups (broad SMARTS) is 1. The first-order chi connectivity index (χ1) is 7.15. The number of rotatable bonds is 2. The Morgan fingerprint density at radius 3 is 2.87 bits per heavy atom. The van der Waals surface area contributed by atoms with Crippen LogP contribution in [0.25, 0.3) is 0 Å². The highest BCUT2D eigenvalue weighted by atomic mass is 16.4. The number of aliphatic hydroxyl groups excluding tert-OH is 1. The van der Waals surface area contributed by atoms with Gasteiger partial charge in [0.25, 0.3) is 0 Å². The van der Waals surface area contributed by atoms with Gasteiger partial charge in [0.1, 0.15) is 0 Å². The van der Waals surface area contributed by atoms with Gasteiger partial charge in [-0.2, -0.15) is 0 Å². The smallest absolute Gasteiger partial charge is 0.356 e. The highest BCUT2D eigenvalue weighted by molar-refractivity contribution is 5.91. The fraction of sp³-hybridized carbons (Fsp3) is 0.200. The highest BCUT2D eigenvalue weighted by Gasteiger charge is 2.08. The topological polar surface area (TPSA) is 96.4 Å².